The van der Waals surface area contributed by atoms with Crippen LogP contribution in [-0.4, -0.2) is 22.1 Å². The Morgan fingerprint density at radius 2 is 1.04 bits per heavy atom. The van der Waals surface area contributed by atoms with E-state index in [2.05, 4.69) is 138 Å². The molecule has 0 N–H and O–H groups in total. The Bertz CT molecular complexity index is 2650. The highest BCUT2D eigenvalue weighted by Gasteiger charge is 2.15. The van der Waals surface area contributed by atoms with E-state index in [1.54, 1.807) is 7.11 Å². The molecule has 0 atom stereocenters. The van der Waals surface area contributed by atoms with Gasteiger partial charge in [0, 0.05) is 33.7 Å². The third kappa shape index (κ3) is 4.83. The van der Waals surface area contributed by atoms with Gasteiger partial charge in [-0.05, 0) is 86.6 Å². The van der Waals surface area contributed by atoms with Crippen molar-refractivity contribution in [1.29, 1.82) is 0 Å². The minimum Gasteiger partial charge on any atom is -0.497 e. The van der Waals surface area contributed by atoms with E-state index in [9.17, 15) is 0 Å². The zero-order valence-electron chi connectivity index (χ0n) is 26.3. The van der Waals surface area contributed by atoms with E-state index < -0.39 is 0 Å². The highest BCUT2D eigenvalue weighted by Crippen LogP contribution is 2.36. The second kappa shape index (κ2) is 11.4. The SMILES string of the molecule is COc1ccc(-c2cc(-c3ccc(-c4ccc5cnc6ccccc6c5c4)cc3)nc(-c3cc4ccccc4c4ccccc34)n2)cc1. The van der Waals surface area contributed by atoms with Crippen LogP contribution < -0.4 is 4.74 Å². The van der Waals surface area contributed by atoms with Gasteiger partial charge in [-0.2, -0.15) is 0 Å². The van der Waals surface area contributed by atoms with Gasteiger partial charge >= 0.3 is 0 Å². The number of fused-ring (bicyclic) bond motifs is 6. The molecule has 7 aromatic carbocycles. The van der Waals surface area contributed by atoms with E-state index in [-0.39, 0.29) is 0 Å². The van der Waals surface area contributed by atoms with E-state index in [0.29, 0.717) is 5.82 Å². The molecule has 48 heavy (non-hydrogen) atoms. The standard InChI is InChI=1S/C44H29N3O/c1-48-34-22-20-30(21-23-34)43-26-42(46-44(47-43)40-25-32-8-2-3-9-35(32)36-10-4-5-11-37(36)40)29-16-14-28(15-17-29)31-18-19-33-27-45-41-13-7-6-12-38(41)39(33)24-31/h2-27H,1H3. The lowest BCUT2D eigenvalue weighted by atomic mass is 9.96. The molecular formula is C44H29N3O. The van der Waals surface area contributed by atoms with Crippen LogP contribution in [-0.2, 0) is 0 Å². The molecular weight excluding hydrogens is 587 g/mol. The summed E-state index contributed by atoms with van der Waals surface area (Å²) in [5.74, 6) is 1.50. The maximum Gasteiger partial charge on any atom is 0.161 e. The lowest BCUT2D eigenvalue weighted by Gasteiger charge is -2.13. The molecule has 0 saturated carbocycles. The number of para-hydroxylation sites is 1. The fourth-order valence-electron chi connectivity index (χ4n) is 6.73. The number of hydrogen-bond donors (Lipinski definition) is 0. The third-order valence-electron chi connectivity index (χ3n) is 9.23. The summed E-state index contributed by atoms with van der Waals surface area (Å²) >= 11 is 0. The maximum absolute atomic E-state index is 5.44. The molecule has 0 bridgehead atoms. The van der Waals surface area contributed by atoms with Crippen LogP contribution in [0.5, 0.6) is 5.75 Å². The first-order valence-corrected chi connectivity index (χ1v) is 16.0. The second-order valence-electron chi connectivity index (χ2n) is 12.0. The van der Waals surface area contributed by atoms with Crippen molar-refractivity contribution in [2.24, 2.45) is 0 Å². The first-order valence-electron chi connectivity index (χ1n) is 16.0. The molecule has 0 fully saturated rings. The van der Waals surface area contributed by atoms with Crippen molar-refractivity contribution in [3.05, 3.63) is 158 Å². The molecule has 0 aliphatic heterocycles. The van der Waals surface area contributed by atoms with Crippen molar-refractivity contribution < 1.29 is 4.74 Å². The lowest BCUT2D eigenvalue weighted by molar-refractivity contribution is 0.415. The summed E-state index contributed by atoms with van der Waals surface area (Å²) in [5, 5.41) is 8.20. The summed E-state index contributed by atoms with van der Waals surface area (Å²) in [6.07, 6.45) is 1.95. The Kier molecular flexibility index (Phi) is 6.65. The van der Waals surface area contributed by atoms with E-state index in [1.165, 1.54) is 16.2 Å². The fourth-order valence-corrected chi connectivity index (χ4v) is 6.73. The Morgan fingerprint density at radius 1 is 0.438 bits per heavy atom. The first kappa shape index (κ1) is 27.9. The predicted molar refractivity (Wildman–Crippen MR) is 198 cm³/mol. The van der Waals surface area contributed by atoms with Gasteiger partial charge in [0.25, 0.3) is 0 Å². The third-order valence-corrected chi connectivity index (χ3v) is 9.23. The zero-order chi connectivity index (χ0) is 32.0. The molecule has 9 rings (SSSR count). The lowest BCUT2D eigenvalue weighted by Crippen LogP contribution is -1.97. The molecule has 226 valence electrons. The minimum atomic E-state index is 0.694. The fraction of sp³-hybridized carbons (Fsp3) is 0.0227. The molecule has 0 saturated heterocycles. The highest BCUT2D eigenvalue weighted by atomic mass is 16.5. The van der Waals surface area contributed by atoms with E-state index >= 15 is 0 Å². The molecule has 0 aliphatic carbocycles. The molecule has 0 aliphatic rings. The monoisotopic (exact) mass is 615 g/mol. The van der Waals surface area contributed by atoms with Crippen LogP contribution in [0.25, 0.3) is 88.2 Å². The normalized spacial score (nSPS) is 11.4. The summed E-state index contributed by atoms with van der Waals surface area (Å²) in [7, 11) is 1.68. The van der Waals surface area contributed by atoms with Gasteiger partial charge in [-0.3, -0.25) is 4.98 Å². The Morgan fingerprint density at radius 3 is 1.79 bits per heavy atom. The van der Waals surface area contributed by atoms with E-state index in [0.717, 1.165) is 72.0 Å². The number of hydrogen-bond acceptors (Lipinski definition) is 4. The molecule has 2 heterocycles. The van der Waals surface area contributed by atoms with Crippen LogP contribution >= 0.6 is 0 Å². The van der Waals surface area contributed by atoms with Crippen LogP contribution in [0.4, 0.5) is 0 Å². The molecule has 2 aromatic heterocycles. The molecule has 4 heteroatoms. The van der Waals surface area contributed by atoms with Gasteiger partial charge in [0.1, 0.15) is 5.75 Å². The van der Waals surface area contributed by atoms with Crippen LogP contribution in [0.3, 0.4) is 0 Å². The summed E-state index contributed by atoms with van der Waals surface area (Å²) in [6, 6.07) is 53.0. The Labute approximate surface area is 278 Å². The summed E-state index contributed by atoms with van der Waals surface area (Å²) in [5.41, 5.74) is 8.07. The smallest absolute Gasteiger partial charge is 0.161 e. The van der Waals surface area contributed by atoms with Crippen molar-refractivity contribution in [1.82, 2.24) is 15.0 Å². The van der Waals surface area contributed by atoms with Gasteiger partial charge in [-0.15, -0.1) is 0 Å². The number of benzene rings is 7. The quantitative estimate of drug-likeness (QED) is 0.181. The topological polar surface area (TPSA) is 47.9 Å². The average molecular weight is 616 g/mol. The van der Waals surface area contributed by atoms with Crippen LogP contribution in [0.1, 0.15) is 0 Å². The first-order chi connectivity index (χ1) is 23.7. The van der Waals surface area contributed by atoms with Crippen LogP contribution in [0.15, 0.2) is 158 Å². The van der Waals surface area contributed by atoms with Gasteiger partial charge in [0.2, 0.25) is 0 Å². The maximum atomic E-state index is 5.44. The average Bonchev–Trinajstić information content (AvgIpc) is 3.17. The van der Waals surface area contributed by atoms with Crippen molar-refractivity contribution >= 4 is 43.2 Å². The van der Waals surface area contributed by atoms with Gasteiger partial charge < -0.3 is 4.74 Å². The van der Waals surface area contributed by atoms with Gasteiger partial charge in [-0.1, -0.05) is 103 Å². The number of ether oxygens (including phenoxy) is 1. The van der Waals surface area contributed by atoms with E-state index in [4.69, 9.17) is 14.7 Å². The van der Waals surface area contributed by atoms with Crippen molar-refractivity contribution in [2.45, 2.75) is 0 Å². The molecule has 0 amide bonds. The minimum absolute atomic E-state index is 0.694. The number of pyridine rings is 1. The molecule has 0 radical (unpaired) electrons. The zero-order valence-corrected chi connectivity index (χ0v) is 26.3. The number of nitrogens with zero attached hydrogens (tertiary/aromatic N) is 3. The number of rotatable bonds is 5. The van der Waals surface area contributed by atoms with E-state index in [1.807, 2.05) is 24.4 Å². The summed E-state index contributed by atoms with van der Waals surface area (Å²) < 4.78 is 5.44. The van der Waals surface area contributed by atoms with Crippen molar-refractivity contribution in [2.75, 3.05) is 7.11 Å². The van der Waals surface area contributed by atoms with Gasteiger partial charge in [-0.25, -0.2) is 9.97 Å². The molecule has 9 aromatic rings. The second-order valence-corrected chi connectivity index (χ2v) is 12.0. The Hall–Kier alpha value is -6.39. The molecule has 0 unspecified atom stereocenters. The van der Waals surface area contributed by atoms with Crippen LogP contribution in [0.2, 0.25) is 0 Å². The van der Waals surface area contributed by atoms with Gasteiger partial charge in [0.15, 0.2) is 5.82 Å². The highest BCUT2D eigenvalue weighted by molar-refractivity contribution is 6.13. The number of aromatic nitrogens is 3. The summed E-state index contributed by atoms with van der Waals surface area (Å²) in [4.78, 5) is 15.0. The molecule has 0 spiro atoms. The molecule has 4 nitrogen and oxygen atoms in total. The van der Waals surface area contributed by atoms with Crippen LogP contribution in [0, 0.1) is 0 Å². The largest absolute Gasteiger partial charge is 0.497 e. The van der Waals surface area contributed by atoms with Crippen molar-refractivity contribution in [3.63, 3.8) is 0 Å². The van der Waals surface area contributed by atoms with Gasteiger partial charge in [0.05, 0.1) is 24.0 Å². The predicted octanol–water partition coefficient (Wildman–Crippen LogP) is 11.2. The number of methoxy groups -OCH3 is 1. The van der Waals surface area contributed by atoms with Crippen molar-refractivity contribution in [3.8, 4) is 50.8 Å². The Balaban J connectivity index is 1.19. The summed E-state index contributed by atoms with van der Waals surface area (Å²) in [6.45, 7) is 0.